The van der Waals surface area contributed by atoms with Crippen LogP contribution in [-0.4, -0.2) is 139 Å². The van der Waals surface area contributed by atoms with Gasteiger partial charge in [-0.2, -0.15) is 0 Å². The molecule has 6 heterocycles. The Bertz CT molecular complexity index is 2540. The van der Waals surface area contributed by atoms with Gasteiger partial charge in [-0.1, -0.05) is 63.5 Å². The predicted octanol–water partition coefficient (Wildman–Crippen LogP) is 5.80. The second-order valence-electron chi connectivity index (χ2n) is 21.2. The molecule has 2 aromatic carbocycles. The normalized spacial score (nSPS) is 35.1. The van der Waals surface area contributed by atoms with Crippen LogP contribution in [0.5, 0.6) is 5.75 Å². The quantitative estimate of drug-likeness (QED) is 0.0884. The molecule has 4 fully saturated rings. The lowest BCUT2D eigenvalue weighted by Gasteiger charge is -2.63. The molecular formula is C53H70N6O8S. The van der Waals surface area contributed by atoms with Gasteiger partial charge in [-0.3, -0.25) is 14.5 Å². The molecular weight excluding hydrogens is 881 g/mol. The molecule has 7 aliphatic rings. The molecule has 2 saturated heterocycles. The smallest absolute Gasteiger partial charge is 0.344 e. The van der Waals surface area contributed by atoms with Gasteiger partial charge in [-0.15, -0.1) is 0 Å². The zero-order chi connectivity index (χ0) is 48.0. The van der Waals surface area contributed by atoms with Crippen LogP contribution in [0.3, 0.4) is 0 Å². The summed E-state index contributed by atoms with van der Waals surface area (Å²) in [6.45, 7) is 9.30. The number of aliphatic hydroxyl groups is 1. The molecule has 3 aromatic rings. The molecule has 1 aromatic heterocycles. The first-order valence-corrected chi connectivity index (χ1v) is 25.5. The number of anilines is 1. The molecule has 366 valence electrons. The second kappa shape index (κ2) is 17.3. The number of carbonyl (C=O) groups is 3. The van der Waals surface area contributed by atoms with Crippen LogP contribution in [0.2, 0.25) is 0 Å². The van der Waals surface area contributed by atoms with Crippen LogP contribution < -0.4 is 20.3 Å². The van der Waals surface area contributed by atoms with Crippen molar-refractivity contribution in [3.63, 3.8) is 0 Å². The number of hydrogen-bond acceptors (Lipinski definition) is 12. The maximum absolute atomic E-state index is 15.7. The molecule has 5 aliphatic heterocycles. The summed E-state index contributed by atoms with van der Waals surface area (Å²) in [7, 11) is 6.28. The van der Waals surface area contributed by atoms with Crippen molar-refractivity contribution in [1.29, 1.82) is 0 Å². The van der Waals surface area contributed by atoms with E-state index < -0.39 is 51.9 Å². The number of ether oxygens (including phenoxy) is 4. The van der Waals surface area contributed by atoms with Gasteiger partial charge in [0.05, 0.1) is 32.9 Å². The van der Waals surface area contributed by atoms with Gasteiger partial charge in [0.1, 0.15) is 11.2 Å². The van der Waals surface area contributed by atoms with Crippen molar-refractivity contribution in [2.75, 3.05) is 66.0 Å². The third kappa shape index (κ3) is 6.71. The minimum absolute atomic E-state index is 0.00142. The fourth-order valence-corrected chi connectivity index (χ4v) is 15.8. The summed E-state index contributed by atoms with van der Waals surface area (Å²) in [6, 6.07) is 11.6. The Morgan fingerprint density at radius 2 is 1.72 bits per heavy atom. The molecule has 4 N–H and O–H groups in total. The third-order valence-corrected chi connectivity index (χ3v) is 18.2. The van der Waals surface area contributed by atoms with Crippen LogP contribution in [0.4, 0.5) is 5.69 Å². The van der Waals surface area contributed by atoms with Gasteiger partial charge in [-0.05, 0) is 99.3 Å². The predicted molar refractivity (Wildman–Crippen MR) is 264 cm³/mol. The highest BCUT2D eigenvalue weighted by atomic mass is 32.1. The number of H-pyrrole nitrogens is 1. The molecule has 68 heavy (non-hydrogen) atoms. The van der Waals surface area contributed by atoms with Crippen molar-refractivity contribution >= 4 is 51.8 Å². The average Bonchev–Trinajstić information content (AvgIpc) is 4.00. The first kappa shape index (κ1) is 47.0. The molecule has 1 spiro atoms. The van der Waals surface area contributed by atoms with Gasteiger partial charge in [0.25, 0.3) is 0 Å². The molecule has 10 rings (SSSR count). The van der Waals surface area contributed by atoms with Crippen molar-refractivity contribution < 1.29 is 38.4 Å². The maximum atomic E-state index is 15.7. The Kier molecular flexibility index (Phi) is 12.0. The van der Waals surface area contributed by atoms with Gasteiger partial charge in [0.15, 0.2) is 11.2 Å². The minimum atomic E-state index is -2.30. The Morgan fingerprint density at radius 1 is 0.956 bits per heavy atom. The number of carbonyl (C=O) groups excluding carboxylic acids is 3. The number of aromatic amines is 1. The highest BCUT2D eigenvalue weighted by Crippen LogP contribution is 2.68. The largest absolute Gasteiger partial charge is 0.496 e. The van der Waals surface area contributed by atoms with E-state index in [0.29, 0.717) is 61.2 Å². The SMILES string of the molecule is CC[C@]1(NC(=S)NC2CCCCC2)C[C@H]2CN(CCc3c([nH]c4ccccc34)[C@@](C(=O)OC)(c3cc4c(cc3OC)N(C)[C@H]3[C@@](O)(C(=O)OC)[C@H](OC(C)=O)[C@]5(CC)C=CCN6CC[C@]43[C@@H]65)C2)C1. The van der Waals surface area contributed by atoms with E-state index in [1.807, 2.05) is 31.0 Å². The first-order valence-electron chi connectivity index (χ1n) is 25.0. The molecule has 0 amide bonds. The van der Waals surface area contributed by atoms with Gasteiger partial charge < -0.3 is 49.5 Å². The molecule has 15 heteroatoms. The Hall–Kier alpha value is -4.70. The fraction of sp³-hybridized carbons (Fsp3) is 0.623. The van der Waals surface area contributed by atoms with E-state index in [1.165, 1.54) is 40.4 Å². The summed E-state index contributed by atoms with van der Waals surface area (Å²) < 4.78 is 24.4. The van der Waals surface area contributed by atoms with Gasteiger partial charge in [0.2, 0.25) is 5.60 Å². The van der Waals surface area contributed by atoms with Crippen LogP contribution in [0.1, 0.15) is 107 Å². The summed E-state index contributed by atoms with van der Waals surface area (Å²) >= 11 is 6.12. The number of nitrogens with zero attached hydrogens (tertiary/aromatic N) is 3. The summed E-state index contributed by atoms with van der Waals surface area (Å²) in [5.74, 6) is -1.36. The Labute approximate surface area is 405 Å². The number of fused-ring (bicyclic) bond motifs is 6. The molecule has 2 saturated carbocycles. The number of hydrogen-bond donors (Lipinski definition) is 4. The van der Waals surface area contributed by atoms with Crippen molar-refractivity contribution in [2.24, 2.45) is 11.3 Å². The number of esters is 3. The van der Waals surface area contributed by atoms with Crippen LogP contribution in [0, 0.1) is 11.3 Å². The summed E-state index contributed by atoms with van der Waals surface area (Å²) in [6.07, 6.45) is 12.6. The van der Waals surface area contributed by atoms with E-state index in [1.54, 1.807) is 7.11 Å². The lowest BCUT2D eigenvalue weighted by Crippen LogP contribution is -2.81. The lowest BCUT2D eigenvalue weighted by atomic mass is 9.47. The Morgan fingerprint density at radius 3 is 2.43 bits per heavy atom. The molecule has 0 radical (unpaired) electrons. The molecule has 14 nitrogen and oxygen atoms in total. The number of thiocarbonyl (C=S) groups is 1. The number of rotatable bonds is 9. The number of piperidine rings is 1. The van der Waals surface area contributed by atoms with E-state index in [9.17, 15) is 14.7 Å². The minimum Gasteiger partial charge on any atom is -0.496 e. The van der Waals surface area contributed by atoms with Gasteiger partial charge in [-0.25, -0.2) is 4.79 Å². The summed E-state index contributed by atoms with van der Waals surface area (Å²) in [4.78, 5) is 54.3. The second-order valence-corrected chi connectivity index (χ2v) is 21.6. The van der Waals surface area contributed by atoms with E-state index in [-0.39, 0.29) is 17.5 Å². The van der Waals surface area contributed by atoms with E-state index in [2.05, 4.69) is 68.8 Å². The number of aromatic nitrogens is 1. The molecule has 2 bridgehead atoms. The lowest BCUT2D eigenvalue weighted by molar-refractivity contribution is -0.228. The van der Waals surface area contributed by atoms with E-state index in [4.69, 9.17) is 31.2 Å². The van der Waals surface area contributed by atoms with E-state index >= 15 is 4.79 Å². The van der Waals surface area contributed by atoms with Crippen LogP contribution >= 0.6 is 12.2 Å². The number of para-hydroxylation sites is 1. The molecule has 10 atom stereocenters. The number of nitrogens with one attached hydrogen (secondary N) is 3. The van der Waals surface area contributed by atoms with Crippen molar-refractivity contribution in [2.45, 2.75) is 138 Å². The molecule has 1 unspecified atom stereocenters. The average molecular weight is 951 g/mol. The number of likely N-dealkylation sites (N-methyl/N-ethyl adjacent to an activating group) is 1. The van der Waals surface area contributed by atoms with E-state index in [0.717, 1.165) is 78.7 Å². The van der Waals surface area contributed by atoms with Crippen LogP contribution in [-0.2, 0) is 45.8 Å². The Balaban J connectivity index is 1.19. The summed E-state index contributed by atoms with van der Waals surface area (Å²) in [5, 5.41) is 22.8. The maximum Gasteiger partial charge on any atom is 0.344 e. The number of methoxy groups -OCH3 is 3. The van der Waals surface area contributed by atoms with Crippen LogP contribution in [0.15, 0.2) is 48.6 Å². The standard InChI is InChI=1S/C53H70N6O8S/c1-8-49(56-48(68)54-34-16-11-10-12-17-34)28-33-29-52(46(61)65-6,42-36(20-24-58(30-33)31-49)35-18-13-14-19-39(35)55-42)38-26-37-40(27-41(38)64-5)57(4)44-51(37)22-25-59-23-15-21-50(9-2,43(51)59)45(67-32(3)60)53(44,63)47(62)66-7/h13-15,18-19,21,26-27,33-34,43-45,55,63H,8-12,16-17,20,22-25,28-31H2,1-7H3,(H2,54,56,68)/t33-,43+,44-,45-,49+,50-,51-,52+,53+/m1/s1. The van der Waals surface area contributed by atoms with Crippen molar-refractivity contribution in [3.05, 3.63) is 70.9 Å². The van der Waals surface area contributed by atoms with Gasteiger partial charge >= 0.3 is 17.9 Å². The number of benzene rings is 2. The summed E-state index contributed by atoms with van der Waals surface area (Å²) in [5.41, 5.74) is -0.829. The fourth-order valence-electron chi connectivity index (χ4n) is 15.4. The molecule has 2 aliphatic carbocycles. The zero-order valence-electron chi connectivity index (χ0n) is 40.9. The van der Waals surface area contributed by atoms with Crippen molar-refractivity contribution in [3.8, 4) is 5.75 Å². The van der Waals surface area contributed by atoms with Crippen molar-refractivity contribution in [1.82, 2.24) is 25.4 Å². The first-order chi connectivity index (χ1) is 32.7. The third-order valence-electron chi connectivity index (χ3n) is 18.0. The topological polar surface area (TPSA) is 158 Å². The van der Waals surface area contributed by atoms with Crippen LogP contribution in [0.25, 0.3) is 10.9 Å². The van der Waals surface area contributed by atoms with Gasteiger partial charge in [0, 0.05) is 97.0 Å². The zero-order valence-corrected chi connectivity index (χ0v) is 41.7. The highest BCUT2D eigenvalue weighted by molar-refractivity contribution is 7.80. The monoisotopic (exact) mass is 950 g/mol. The highest BCUT2D eigenvalue weighted by Gasteiger charge is 2.80.